The Morgan fingerprint density at radius 3 is 2.39 bits per heavy atom. The van der Waals surface area contributed by atoms with Gasteiger partial charge < -0.3 is 4.90 Å². The van der Waals surface area contributed by atoms with E-state index in [-0.39, 0.29) is 11.9 Å². The number of aromatic nitrogens is 4. The maximum Gasteiger partial charge on any atom is 0.173 e. The molecule has 1 aliphatic heterocycles. The van der Waals surface area contributed by atoms with Gasteiger partial charge in [-0.25, -0.2) is 9.07 Å². The first-order valence-electron chi connectivity index (χ1n) is 10.4. The summed E-state index contributed by atoms with van der Waals surface area (Å²) < 4.78 is 15.2. The van der Waals surface area contributed by atoms with Crippen molar-refractivity contribution < 1.29 is 4.39 Å². The Bertz CT molecular complexity index is 1090. The highest BCUT2D eigenvalue weighted by atomic mass is 32.1. The second-order valence-corrected chi connectivity index (χ2v) is 8.62. The third-order valence-corrected chi connectivity index (χ3v) is 6.54. The molecule has 4 aromatic rings. The third kappa shape index (κ3) is 4.35. The van der Waals surface area contributed by atoms with Gasteiger partial charge in [-0.3, -0.25) is 4.90 Å². The van der Waals surface area contributed by atoms with Gasteiger partial charge in [0, 0.05) is 36.7 Å². The molecule has 5 rings (SSSR count). The van der Waals surface area contributed by atoms with Crippen LogP contribution in [-0.2, 0) is 6.54 Å². The average Bonchev–Trinajstić information content (AvgIpc) is 3.49. The summed E-state index contributed by atoms with van der Waals surface area (Å²) in [6, 6.07) is 21.3. The molecule has 1 atom stereocenters. The van der Waals surface area contributed by atoms with Crippen LogP contribution in [0.2, 0.25) is 0 Å². The number of halogens is 1. The molecule has 2 aromatic heterocycles. The minimum atomic E-state index is -0.205. The maximum absolute atomic E-state index is 13.3. The monoisotopic (exact) mass is 434 g/mol. The zero-order chi connectivity index (χ0) is 21.0. The molecular weight excluding hydrogens is 411 g/mol. The molecular formula is C23H23FN6S. The van der Waals surface area contributed by atoms with E-state index in [4.69, 9.17) is 0 Å². The van der Waals surface area contributed by atoms with Crippen LogP contribution in [0.4, 0.5) is 10.1 Å². The first kappa shape index (κ1) is 19.8. The fraction of sp³-hybridized carbons (Fsp3) is 0.261. The van der Waals surface area contributed by atoms with Gasteiger partial charge >= 0.3 is 0 Å². The fourth-order valence-corrected chi connectivity index (χ4v) is 4.80. The number of benzene rings is 2. The van der Waals surface area contributed by atoms with Crippen LogP contribution < -0.4 is 4.90 Å². The number of hydrogen-bond donors (Lipinski definition) is 0. The Balaban J connectivity index is 1.40. The predicted molar refractivity (Wildman–Crippen MR) is 120 cm³/mol. The quantitative estimate of drug-likeness (QED) is 0.462. The zero-order valence-electron chi connectivity index (χ0n) is 17.0. The number of thiophene rings is 1. The molecule has 3 heterocycles. The lowest BCUT2D eigenvalue weighted by molar-refractivity contribution is 0.201. The second-order valence-electron chi connectivity index (χ2n) is 7.59. The first-order valence-corrected chi connectivity index (χ1v) is 11.2. The molecule has 31 heavy (non-hydrogen) atoms. The molecule has 0 radical (unpaired) electrons. The van der Waals surface area contributed by atoms with Gasteiger partial charge in [-0.2, -0.15) is 0 Å². The van der Waals surface area contributed by atoms with Gasteiger partial charge in [0.25, 0.3) is 0 Å². The SMILES string of the molecule is Fc1ccc(N2CCN([C@H](c3ccccc3)c3nnnn3Cc3cccs3)CC2)cc1. The topological polar surface area (TPSA) is 50.1 Å². The van der Waals surface area contributed by atoms with Crippen molar-refractivity contribution in [2.24, 2.45) is 0 Å². The summed E-state index contributed by atoms with van der Waals surface area (Å²) in [5.41, 5.74) is 2.24. The fourth-order valence-electron chi connectivity index (χ4n) is 4.12. The number of anilines is 1. The van der Waals surface area contributed by atoms with Crippen LogP contribution in [0.3, 0.4) is 0 Å². The molecule has 8 heteroatoms. The summed E-state index contributed by atoms with van der Waals surface area (Å²) in [6.07, 6.45) is 0. The molecule has 0 unspecified atom stereocenters. The summed E-state index contributed by atoms with van der Waals surface area (Å²) >= 11 is 1.71. The van der Waals surface area contributed by atoms with Crippen LogP contribution in [0.15, 0.2) is 72.1 Å². The van der Waals surface area contributed by atoms with Crippen LogP contribution in [0.25, 0.3) is 0 Å². The Hall–Kier alpha value is -3.10. The molecule has 158 valence electrons. The van der Waals surface area contributed by atoms with Crippen LogP contribution in [0, 0.1) is 5.82 Å². The highest BCUT2D eigenvalue weighted by Crippen LogP contribution is 2.29. The van der Waals surface area contributed by atoms with Crippen LogP contribution in [0.5, 0.6) is 0 Å². The molecule has 0 spiro atoms. The van der Waals surface area contributed by atoms with Gasteiger partial charge in [0.1, 0.15) is 5.82 Å². The Labute approximate surface area is 184 Å². The van der Waals surface area contributed by atoms with Gasteiger partial charge in [0.2, 0.25) is 0 Å². The van der Waals surface area contributed by atoms with E-state index >= 15 is 0 Å². The lowest BCUT2D eigenvalue weighted by atomic mass is 10.0. The van der Waals surface area contributed by atoms with Crippen molar-refractivity contribution in [3.63, 3.8) is 0 Å². The molecule has 1 fully saturated rings. The zero-order valence-corrected chi connectivity index (χ0v) is 17.8. The van der Waals surface area contributed by atoms with Crippen molar-refractivity contribution in [1.82, 2.24) is 25.1 Å². The Kier molecular flexibility index (Phi) is 5.73. The molecule has 0 aliphatic carbocycles. The second kappa shape index (κ2) is 8.95. The van der Waals surface area contributed by atoms with Crippen LogP contribution >= 0.6 is 11.3 Å². The number of piperazine rings is 1. The van der Waals surface area contributed by atoms with Crippen LogP contribution in [0.1, 0.15) is 22.3 Å². The summed E-state index contributed by atoms with van der Waals surface area (Å²) in [6.45, 7) is 4.12. The molecule has 6 nitrogen and oxygen atoms in total. The first-order chi connectivity index (χ1) is 15.3. The number of rotatable bonds is 6. The van der Waals surface area contributed by atoms with Crippen molar-refractivity contribution in [1.29, 1.82) is 0 Å². The lowest BCUT2D eigenvalue weighted by Gasteiger charge is -2.39. The van der Waals surface area contributed by atoms with Gasteiger partial charge in [0.15, 0.2) is 5.82 Å². The smallest absolute Gasteiger partial charge is 0.173 e. The van der Waals surface area contributed by atoms with Crippen molar-refractivity contribution in [2.45, 2.75) is 12.6 Å². The van der Waals surface area contributed by atoms with E-state index in [1.807, 2.05) is 28.9 Å². The molecule has 1 aliphatic rings. The van der Waals surface area contributed by atoms with E-state index in [2.05, 4.69) is 61.0 Å². The molecule has 2 aromatic carbocycles. The van der Waals surface area contributed by atoms with Gasteiger partial charge in [-0.15, -0.1) is 16.4 Å². The summed E-state index contributed by atoms with van der Waals surface area (Å²) in [7, 11) is 0. The normalized spacial score (nSPS) is 15.8. The minimum absolute atomic E-state index is 0.0217. The Morgan fingerprint density at radius 1 is 0.903 bits per heavy atom. The summed E-state index contributed by atoms with van der Waals surface area (Å²) in [5, 5.41) is 14.8. The van der Waals surface area contributed by atoms with Gasteiger partial charge in [-0.1, -0.05) is 36.4 Å². The maximum atomic E-state index is 13.3. The standard InChI is InChI=1S/C23H23FN6S/c24-19-8-10-20(11-9-19)28-12-14-29(15-13-28)22(18-5-2-1-3-6-18)23-25-26-27-30(23)17-21-7-4-16-31-21/h1-11,16,22H,12-15,17H2/t22-/m1/s1. The van der Waals surface area contributed by atoms with E-state index in [9.17, 15) is 4.39 Å². The molecule has 0 bridgehead atoms. The average molecular weight is 435 g/mol. The molecule has 0 N–H and O–H groups in total. The van der Waals surface area contributed by atoms with Crippen molar-refractivity contribution in [2.75, 3.05) is 31.1 Å². The van der Waals surface area contributed by atoms with E-state index in [0.717, 1.165) is 37.7 Å². The Morgan fingerprint density at radius 2 is 1.68 bits per heavy atom. The van der Waals surface area contributed by atoms with Gasteiger partial charge in [0.05, 0.1) is 12.6 Å². The van der Waals surface area contributed by atoms with E-state index < -0.39 is 0 Å². The van der Waals surface area contributed by atoms with Crippen molar-refractivity contribution in [3.05, 3.63) is 94.2 Å². The van der Waals surface area contributed by atoms with E-state index in [0.29, 0.717) is 6.54 Å². The van der Waals surface area contributed by atoms with E-state index in [1.165, 1.54) is 22.6 Å². The van der Waals surface area contributed by atoms with E-state index in [1.54, 1.807) is 11.3 Å². The highest BCUT2D eigenvalue weighted by Gasteiger charge is 2.30. The van der Waals surface area contributed by atoms with Crippen molar-refractivity contribution >= 4 is 17.0 Å². The largest absolute Gasteiger partial charge is 0.369 e. The lowest BCUT2D eigenvalue weighted by Crippen LogP contribution is -2.48. The number of nitrogens with zero attached hydrogens (tertiary/aromatic N) is 6. The van der Waals surface area contributed by atoms with Crippen molar-refractivity contribution in [3.8, 4) is 0 Å². The highest BCUT2D eigenvalue weighted by molar-refractivity contribution is 7.09. The summed E-state index contributed by atoms with van der Waals surface area (Å²) in [5.74, 6) is 0.652. The molecule has 0 saturated carbocycles. The number of tetrazole rings is 1. The minimum Gasteiger partial charge on any atom is -0.369 e. The van der Waals surface area contributed by atoms with Gasteiger partial charge in [-0.05, 0) is 51.7 Å². The number of hydrogen-bond acceptors (Lipinski definition) is 6. The molecule has 0 amide bonds. The third-order valence-electron chi connectivity index (χ3n) is 5.68. The predicted octanol–water partition coefficient (Wildman–Crippen LogP) is 3.83. The molecule has 1 saturated heterocycles. The summed E-state index contributed by atoms with van der Waals surface area (Å²) in [4.78, 5) is 5.96. The van der Waals surface area contributed by atoms with Crippen LogP contribution in [-0.4, -0.2) is 51.3 Å².